The first-order valence-electron chi connectivity index (χ1n) is 42.5. The predicted octanol–water partition coefficient (Wildman–Crippen LogP) is 34.0. The molecule has 0 unspecified atom stereocenters. The number of H-pyrrole nitrogens is 2. The number of rotatable bonds is 6. The summed E-state index contributed by atoms with van der Waals surface area (Å²) in [5.74, 6) is 1.32. The van der Waals surface area contributed by atoms with Crippen LogP contribution in [0.2, 0.25) is 0 Å². The van der Waals surface area contributed by atoms with Gasteiger partial charge in [-0.3, -0.25) is 0 Å². The van der Waals surface area contributed by atoms with Crippen molar-refractivity contribution in [3.63, 3.8) is 0 Å². The highest BCUT2D eigenvalue weighted by molar-refractivity contribution is 7.14. The fourth-order valence-electron chi connectivity index (χ4n) is 20.8. The van der Waals surface area contributed by atoms with Crippen molar-refractivity contribution in [3.8, 4) is 78.2 Å². The van der Waals surface area contributed by atoms with Crippen LogP contribution in [0.3, 0.4) is 0 Å². The number of benzene rings is 20. The van der Waals surface area contributed by atoms with E-state index in [1.165, 1.54) is 174 Å². The highest BCUT2D eigenvalue weighted by Gasteiger charge is 2.25. The van der Waals surface area contributed by atoms with Crippen LogP contribution in [0.4, 0.5) is 8.78 Å². The van der Waals surface area contributed by atoms with Crippen LogP contribution < -0.4 is 0 Å². The molecule has 6 heterocycles. The summed E-state index contributed by atoms with van der Waals surface area (Å²) in [5.41, 5.74) is 23.1. The average Bonchev–Trinajstić information content (AvgIpc) is 0.980. The number of furan rings is 2. The van der Waals surface area contributed by atoms with Crippen molar-refractivity contribution >= 4 is 184 Å². The predicted molar refractivity (Wildman–Crippen MR) is 529 cm³/mol. The molecule has 0 spiro atoms. The number of nitriles is 2. The first-order valence-corrected chi connectivity index (χ1v) is 44.3. The fourth-order valence-corrected chi connectivity index (χ4v) is 22.3. The van der Waals surface area contributed by atoms with Crippen LogP contribution in [-0.4, -0.2) is 9.97 Å². The Morgan fingerprint density at radius 1 is 0.246 bits per heavy atom. The molecule has 0 bridgehead atoms. The van der Waals surface area contributed by atoms with Gasteiger partial charge in [-0.2, -0.15) is 10.5 Å². The lowest BCUT2D eigenvalue weighted by Gasteiger charge is -2.18. The van der Waals surface area contributed by atoms with Crippen molar-refractivity contribution in [1.82, 2.24) is 9.97 Å². The normalized spacial score (nSPS) is 11.8. The van der Waals surface area contributed by atoms with Crippen molar-refractivity contribution in [2.75, 3.05) is 0 Å². The van der Waals surface area contributed by atoms with E-state index in [1.54, 1.807) is 36.8 Å². The smallest absolute Gasteiger partial charge is 0.134 e. The van der Waals surface area contributed by atoms with E-state index < -0.39 is 0 Å². The minimum absolute atomic E-state index is 0.244. The lowest BCUT2D eigenvalue weighted by atomic mass is 9.85. The zero-order chi connectivity index (χ0) is 85.9. The fraction of sp³-hybridized carbons (Fsp3) is 0.0862. The monoisotopic (exact) mass is 1660 g/mol. The lowest BCUT2D eigenvalue weighted by molar-refractivity contribution is 0.582. The summed E-state index contributed by atoms with van der Waals surface area (Å²) in [6.45, 7) is 21.1. The van der Waals surface area contributed by atoms with Gasteiger partial charge in [-0.25, -0.2) is 8.78 Å². The Kier molecular flexibility index (Phi) is 18.3. The Bertz CT molecular complexity index is 7780. The Morgan fingerprint density at radius 3 is 0.770 bits per heavy atom. The van der Waals surface area contributed by atoms with Crippen LogP contribution in [0.25, 0.3) is 228 Å². The molecule has 0 aliphatic carbocycles. The van der Waals surface area contributed by atoms with E-state index in [0.717, 1.165) is 98.8 Å². The molecular weight excluding hydrogens is 1580 g/mol. The summed E-state index contributed by atoms with van der Waals surface area (Å²) in [5, 5.41) is 58.4. The van der Waals surface area contributed by atoms with E-state index in [1.807, 2.05) is 123 Å². The van der Waals surface area contributed by atoms with Crippen molar-refractivity contribution in [3.05, 3.63) is 369 Å². The largest absolute Gasteiger partial charge is 0.464 e. The summed E-state index contributed by atoms with van der Waals surface area (Å²) < 4.78 is 39.9. The third-order valence-electron chi connectivity index (χ3n) is 26.6. The number of aromatic nitrogens is 2. The van der Waals surface area contributed by atoms with Crippen LogP contribution in [0.1, 0.15) is 66.8 Å². The molecular formula is C116H80F2N4O2S2. The molecule has 20 aromatic carbocycles. The van der Waals surface area contributed by atoms with Crippen molar-refractivity contribution in [2.45, 2.75) is 69.2 Å². The van der Waals surface area contributed by atoms with E-state index in [-0.39, 0.29) is 11.6 Å². The third kappa shape index (κ3) is 12.0. The SMILES string of the molecule is Cc1cc(-c2ccc[nH]2)c2ccc3c(C)cc(-c4ccc[nH]4)c4ccc1c2c34.Cc1cc(-c2ccco2)c2ccc3c(C)cc(-c4ccco4)c4ccc1c2c34.Cc1cc(-c2cccs2)c2ccc3c(C)cc(-c4cccs4)c4ccc1c2c34.Cc1cc(C#N)c2ccc3c(C)cc(C#N)c4ccc1c2c34.Cc1cc(F)c2ccc3c(C)cc(F)c4ccc1c2c34. The van der Waals surface area contributed by atoms with Gasteiger partial charge >= 0.3 is 0 Å². The summed E-state index contributed by atoms with van der Waals surface area (Å²) in [7, 11) is 0. The Labute approximate surface area is 733 Å². The molecule has 0 amide bonds. The summed E-state index contributed by atoms with van der Waals surface area (Å²) in [6.07, 6.45) is 7.47. The molecule has 0 aliphatic rings. The summed E-state index contributed by atoms with van der Waals surface area (Å²) in [4.78, 5) is 9.48. The molecule has 0 atom stereocenters. The van der Waals surface area contributed by atoms with Crippen LogP contribution >= 0.6 is 22.7 Å². The van der Waals surface area contributed by atoms with Crippen LogP contribution in [0.15, 0.2) is 299 Å². The first kappa shape index (κ1) is 77.0. The molecule has 26 aromatic rings. The number of hydrogen-bond acceptors (Lipinski definition) is 6. The van der Waals surface area contributed by atoms with Gasteiger partial charge < -0.3 is 18.8 Å². The molecule has 0 fully saturated rings. The number of aryl methyl sites for hydroxylation is 10. The highest BCUT2D eigenvalue weighted by atomic mass is 32.1. The van der Waals surface area contributed by atoms with E-state index in [2.05, 4.69) is 244 Å². The molecule has 0 saturated carbocycles. The molecule has 126 heavy (non-hydrogen) atoms. The molecule has 0 radical (unpaired) electrons. The van der Waals surface area contributed by atoms with E-state index >= 15 is 0 Å². The quantitative estimate of drug-likeness (QED) is 0.162. The van der Waals surface area contributed by atoms with Crippen LogP contribution in [-0.2, 0) is 0 Å². The number of nitrogens with zero attached hydrogens (tertiary/aromatic N) is 2. The summed E-state index contributed by atoms with van der Waals surface area (Å²) >= 11 is 3.64. The number of halogens is 2. The zero-order valence-corrected chi connectivity index (χ0v) is 72.6. The maximum Gasteiger partial charge on any atom is 0.134 e. The van der Waals surface area contributed by atoms with Gasteiger partial charge in [0.25, 0.3) is 0 Å². The van der Waals surface area contributed by atoms with Gasteiger partial charge in [0, 0.05) is 88.1 Å². The van der Waals surface area contributed by atoms with Crippen LogP contribution in [0, 0.1) is 104 Å². The molecule has 2 N–H and O–H groups in total. The minimum atomic E-state index is -0.244. The van der Waals surface area contributed by atoms with Crippen molar-refractivity contribution in [2.24, 2.45) is 0 Å². The van der Waals surface area contributed by atoms with Crippen molar-refractivity contribution in [1.29, 1.82) is 10.5 Å². The zero-order valence-electron chi connectivity index (χ0n) is 71.0. The number of thiophene rings is 2. The van der Waals surface area contributed by atoms with Gasteiger partial charge in [-0.1, -0.05) is 133 Å². The molecule has 0 saturated heterocycles. The Hall–Kier alpha value is -15.0. The number of aromatic amines is 2. The Balaban J connectivity index is 0.0000000938. The third-order valence-corrected chi connectivity index (χ3v) is 28.4. The molecule has 602 valence electrons. The summed E-state index contributed by atoms with van der Waals surface area (Å²) in [6, 6.07) is 93.5. The van der Waals surface area contributed by atoms with Crippen molar-refractivity contribution < 1.29 is 17.6 Å². The van der Waals surface area contributed by atoms with Gasteiger partial charge in [0.15, 0.2) is 0 Å². The van der Waals surface area contributed by atoms with Gasteiger partial charge in [-0.05, 0) is 397 Å². The second-order valence-electron chi connectivity index (χ2n) is 33.9. The average molecular weight is 1660 g/mol. The van der Waals surface area contributed by atoms with Gasteiger partial charge in [0.1, 0.15) is 23.2 Å². The highest BCUT2D eigenvalue weighted by Crippen LogP contribution is 2.51. The molecule has 0 aliphatic heterocycles. The van der Waals surface area contributed by atoms with E-state index in [9.17, 15) is 19.3 Å². The van der Waals surface area contributed by atoms with Gasteiger partial charge in [0.05, 0.1) is 35.8 Å². The molecule has 6 nitrogen and oxygen atoms in total. The molecule has 26 rings (SSSR count). The standard InChI is InChI=1S/C26H20N2.C26H18O2.C26H18S2.C20H12N2.C18H12F2/c3*1-15-13-21(23-5-3-11-27-23)19-10-8-18-16(2)14-22(24-6-4-12-28-24)20-9-7-17(15)25(19)26(18)20;1-11-7-13(9-21)17-6-4-16-12(2)8-14(10-22)18-5-3-15(11)19(17)20(16)18;1-9-7-15(19)13-6-4-12-10(2)8-16(20)14-5-3-11(9)17(13)18(12)14/h3-14,27-28H,1-2H3;2*3-14H,1-2H3;3-8H,1-2H3;3-8H,1-2H3. The van der Waals surface area contributed by atoms with Gasteiger partial charge in [0.2, 0.25) is 0 Å². The van der Waals surface area contributed by atoms with Gasteiger partial charge in [-0.15, -0.1) is 22.7 Å². The Morgan fingerprint density at radius 2 is 0.492 bits per heavy atom. The second kappa shape index (κ2) is 29.9. The molecule has 6 aromatic heterocycles. The first-order chi connectivity index (χ1) is 61.4. The maximum absolute atomic E-state index is 14.2. The van der Waals surface area contributed by atoms with Crippen LogP contribution in [0.5, 0.6) is 0 Å². The maximum atomic E-state index is 14.2. The minimum Gasteiger partial charge on any atom is -0.464 e. The molecule has 10 heteroatoms. The number of nitrogens with one attached hydrogen (secondary N) is 2. The number of hydrogen-bond donors (Lipinski definition) is 2. The van der Waals surface area contributed by atoms with E-state index in [0.29, 0.717) is 21.9 Å². The van der Waals surface area contributed by atoms with E-state index in [4.69, 9.17) is 8.83 Å². The topological polar surface area (TPSA) is 105 Å². The lowest BCUT2D eigenvalue weighted by Crippen LogP contribution is -1.93. The second-order valence-corrected chi connectivity index (χ2v) is 35.8.